The molecule has 1 aromatic heterocycles. The van der Waals surface area contributed by atoms with E-state index in [1.54, 1.807) is 4.90 Å². The number of aromatic nitrogens is 2. The van der Waals surface area contributed by atoms with Crippen molar-refractivity contribution in [3.63, 3.8) is 0 Å². The number of nitrogens with one attached hydrogen (secondary N) is 1. The number of urea groups is 1. The largest absolute Gasteiger partial charge is 0.458 e. The highest BCUT2D eigenvalue weighted by Crippen LogP contribution is 2.19. The third-order valence-electron chi connectivity index (χ3n) is 4.84. The molecule has 3 aromatic rings. The van der Waals surface area contributed by atoms with Crippen LogP contribution in [-0.2, 0) is 6.54 Å². The van der Waals surface area contributed by atoms with Gasteiger partial charge in [0.15, 0.2) is 5.82 Å². The third kappa shape index (κ3) is 4.19. The topological polar surface area (TPSA) is 67.4 Å². The van der Waals surface area contributed by atoms with Gasteiger partial charge in [-0.1, -0.05) is 42.5 Å². The van der Waals surface area contributed by atoms with E-state index < -0.39 is 5.82 Å². The number of carbonyl (C=O) groups excluding carboxylic acids is 1. The second-order valence-electron chi connectivity index (χ2n) is 6.81. The molecule has 0 spiro atoms. The van der Waals surface area contributed by atoms with Crippen LogP contribution in [0.3, 0.4) is 0 Å². The smallest absolute Gasteiger partial charge is 0.317 e. The Balaban J connectivity index is 1.35. The van der Waals surface area contributed by atoms with Crippen LogP contribution in [0.1, 0.15) is 18.4 Å². The first kappa shape index (κ1) is 18.2. The maximum Gasteiger partial charge on any atom is 0.317 e. The van der Waals surface area contributed by atoms with E-state index in [0.717, 1.165) is 41.6 Å². The van der Waals surface area contributed by atoms with Crippen LogP contribution in [0.25, 0.3) is 10.8 Å². The number of nitrogens with zero attached hydrogens (tertiary/aromatic N) is 3. The summed E-state index contributed by atoms with van der Waals surface area (Å²) in [5, 5.41) is 5.29. The van der Waals surface area contributed by atoms with Gasteiger partial charge in [-0.25, -0.2) is 19.2 Å². The van der Waals surface area contributed by atoms with Gasteiger partial charge in [0.2, 0.25) is 0 Å². The van der Waals surface area contributed by atoms with Crippen LogP contribution in [0.2, 0.25) is 0 Å². The number of carbonyl (C=O) groups is 1. The Hall–Kier alpha value is -3.22. The number of fused-ring (bicyclic) bond motifs is 1. The predicted octanol–water partition coefficient (Wildman–Crippen LogP) is 3.52. The summed E-state index contributed by atoms with van der Waals surface area (Å²) in [6, 6.07) is 14.2. The van der Waals surface area contributed by atoms with E-state index in [1.807, 2.05) is 24.3 Å². The summed E-state index contributed by atoms with van der Waals surface area (Å²) < 4.78 is 18.6. The molecule has 7 heteroatoms. The molecule has 144 valence electrons. The first-order valence-corrected chi connectivity index (χ1v) is 9.32. The normalized spacial score (nSPS) is 16.8. The van der Waals surface area contributed by atoms with Gasteiger partial charge in [-0.15, -0.1) is 0 Å². The van der Waals surface area contributed by atoms with E-state index in [0.29, 0.717) is 19.6 Å². The van der Waals surface area contributed by atoms with Gasteiger partial charge in [0.05, 0.1) is 18.9 Å². The number of amides is 2. The zero-order valence-corrected chi connectivity index (χ0v) is 15.3. The van der Waals surface area contributed by atoms with Gasteiger partial charge in [-0.2, -0.15) is 0 Å². The third-order valence-corrected chi connectivity index (χ3v) is 4.84. The van der Waals surface area contributed by atoms with Crippen molar-refractivity contribution in [1.29, 1.82) is 0 Å². The minimum absolute atomic E-state index is 0.124. The van der Waals surface area contributed by atoms with Crippen molar-refractivity contribution < 1.29 is 13.9 Å². The standard InChI is InChI=1S/C21H21FN4O2/c22-17-12-23-20(24-13-17)28-18-8-4-10-26(14-18)21(27)25-11-16-7-3-6-15-5-1-2-9-19(15)16/h1-3,5-7,9,12-13,18H,4,8,10-11,14H2,(H,25,27). The van der Waals surface area contributed by atoms with E-state index in [2.05, 4.69) is 33.5 Å². The SMILES string of the molecule is O=C(NCc1cccc2ccccc12)N1CCCC(Oc2ncc(F)cn2)C1. The molecule has 0 radical (unpaired) electrons. The number of hydrogen-bond acceptors (Lipinski definition) is 4. The Morgan fingerprint density at radius 1 is 1.18 bits per heavy atom. The van der Waals surface area contributed by atoms with Crippen LogP contribution in [0.15, 0.2) is 54.9 Å². The first-order chi connectivity index (χ1) is 13.7. The molecule has 1 fully saturated rings. The molecule has 2 heterocycles. The number of halogens is 1. The summed E-state index contributed by atoms with van der Waals surface area (Å²) in [4.78, 5) is 22.0. The summed E-state index contributed by atoms with van der Waals surface area (Å²) in [5.41, 5.74) is 1.08. The minimum Gasteiger partial charge on any atom is -0.458 e. The lowest BCUT2D eigenvalue weighted by atomic mass is 10.0. The molecule has 6 nitrogen and oxygen atoms in total. The molecular weight excluding hydrogens is 359 g/mol. The van der Waals surface area contributed by atoms with Crippen molar-refractivity contribution in [1.82, 2.24) is 20.2 Å². The molecule has 0 bridgehead atoms. The van der Waals surface area contributed by atoms with Crippen molar-refractivity contribution in [3.05, 3.63) is 66.2 Å². The summed E-state index contributed by atoms with van der Waals surface area (Å²) in [6.45, 7) is 1.58. The van der Waals surface area contributed by atoms with Crippen LogP contribution in [-0.4, -0.2) is 40.1 Å². The summed E-state index contributed by atoms with van der Waals surface area (Å²) >= 11 is 0. The van der Waals surface area contributed by atoms with Crippen molar-refractivity contribution in [3.8, 4) is 6.01 Å². The molecule has 0 saturated carbocycles. The molecule has 2 amide bonds. The fourth-order valence-electron chi connectivity index (χ4n) is 3.46. The molecular formula is C21H21FN4O2. The molecule has 1 aliphatic rings. The Morgan fingerprint density at radius 2 is 1.96 bits per heavy atom. The summed E-state index contributed by atoms with van der Waals surface area (Å²) in [6.07, 6.45) is 3.56. The summed E-state index contributed by atoms with van der Waals surface area (Å²) in [5.74, 6) is -0.509. The van der Waals surface area contributed by atoms with E-state index in [4.69, 9.17) is 4.74 Å². The Morgan fingerprint density at radius 3 is 2.82 bits per heavy atom. The van der Waals surface area contributed by atoms with Crippen molar-refractivity contribution in [2.45, 2.75) is 25.5 Å². The van der Waals surface area contributed by atoms with E-state index >= 15 is 0 Å². The fourth-order valence-corrected chi connectivity index (χ4v) is 3.46. The minimum atomic E-state index is -0.509. The number of hydrogen-bond donors (Lipinski definition) is 1. The van der Waals surface area contributed by atoms with Crippen LogP contribution in [0.5, 0.6) is 6.01 Å². The number of likely N-dealkylation sites (tertiary alicyclic amines) is 1. The fraction of sp³-hybridized carbons (Fsp3) is 0.286. The quantitative estimate of drug-likeness (QED) is 0.752. The Bertz CT molecular complexity index is 959. The van der Waals surface area contributed by atoms with Gasteiger partial charge in [0, 0.05) is 13.1 Å². The van der Waals surface area contributed by atoms with E-state index in [9.17, 15) is 9.18 Å². The summed E-state index contributed by atoms with van der Waals surface area (Å²) in [7, 11) is 0. The maximum atomic E-state index is 12.9. The van der Waals surface area contributed by atoms with Crippen LogP contribution < -0.4 is 10.1 Å². The number of ether oxygens (including phenoxy) is 1. The van der Waals surface area contributed by atoms with Gasteiger partial charge in [-0.3, -0.25) is 0 Å². The van der Waals surface area contributed by atoms with Gasteiger partial charge in [-0.05, 0) is 29.2 Å². The molecule has 4 rings (SSSR count). The molecule has 1 atom stereocenters. The number of benzene rings is 2. The number of rotatable bonds is 4. The van der Waals surface area contributed by atoms with Crippen molar-refractivity contribution in [2.75, 3.05) is 13.1 Å². The van der Waals surface area contributed by atoms with Gasteiger partial charge in [0.25, 0.3) is 0 Å². The second kappa shape index (κ2) is 8.21. The van der Waals surface area contributed by atoms with Crippen LogP contribution in [0, 0.1) is 5.82 Å². The van der Waals surface area contributed by atoms with Crippen molar-refractivity contribution >= 4 is 16.8 Å². The van der Waals surface area contributed by atoms with Crippen LogP contribution >= 0.6 is 0 Å². The van der Waals surface area contributed by atoms with E-state index in [1.165, 1.54) is 0 Å². The Kier molecular flexibility index (Phi) is 5.32. The first-order valence-electron chi connectivity index (χ1n) is 9.32. The highest BCUT2D eigenvalue weighted by Gasteiger charge is 2.25. The maximum absolute atomic E-state index is 12.9. The number of piperidine rings is 1. The lowest BCUT2D eigenvalue weighted by molar-refractivity contribution is 0.0936. The highest BCUT2D eigenvalue weighted by molar-refractivity contribution is 5.86. The zero-order chi connectivity index (χ0) is 19.3. The average molecular weight is 380 g/mol. The molecule has 28 heavy (non-hydrogen) atoms. The molecule has 1 unspecified atom stereocenters. The van der Waals surface area contributed by atoms with Gasteiger partial charge < -0.3 is 15.0 Å². The Labute approximate surface area is 162 Å². The second-order valence-corrected chi connectivity index (χ2v) is 6.81. The zero-order valence-electron chi connectivity index (χ0n) is 15.3. The predicted molar refractivity (Wildman–Crippen MR) is 103 cm³/mol. The molecule has 1 saturated heterocycles. The van der Waals surface area contributed by atoms with Gasteiger partial charge >= 0.3 is 12.0 Å². The lowest BCUT2D eigenvalue weighted by Crippen LogP contribution is -2.48. The van der Waals surface area contributed by atoms with E-state index in [-0.39, 0.29) is 18.1 Å². The van der Waals surface area contributed by atoms with Gasteiger partial charge in [0.1, 0.15) is 6.10 Å². The molecule has 2 aromatic carbocycles. The van der Waals surface area contributed by atoms with Crippen molar-refractivity contribution in [2.24, 2.45) is 0 Å². The highest BCUT2D eigenvalue weighted by atomic mass is 19.1. The monoisotopic (exact) mass is 380 g/mol. The van der Waals surface area contributed by atoms with Crippen LogP contribution in [0.4, 0.5) is 9.18 Å². The molecule has 1 aliphatic heterocycles. The lowest BCUT2D eigenvalue weighted by Gasteiger charge is -2.32. The average Bonchev–Trinajstić information content (AvgIpc) is 2.74. The molecule has 1 N–H and O–H groups in total. The molecule has 0 aliphatic carbocycles.